The number of rotatable bonds is 2. The number of nitrogens with zero attached hydrogens (tertiary/aromatic N) is 3. The van der Waals surface area contributed by atoms with Crippen molar-refractivity contribution in [2.75, 3.05) is 0 Å². The predicted molar refractivity (Wildman–Crippen MR) is 41.8 cm³/mol. The van der Waals surface area contributed by atoms with Gasteiger partial charge in [-0.1, -0.05) is 0 Å². The molecular formula is C7H7F6N3O. The van der Waals surface area contributed by atoms with Crippen LogP contribution < -0.4 is 0 Å². The zero-order valence-electron chi connectivity index (χ0n) is 8.34. The molecule has 0 spiro atoms. The first-order valence-electron chi connectivity index (χ1n) is 4.21. The van der Waals surface area contributed by atoms with Crippen molar-refractivity contribution in [3.8, 4) is 0 Å². The molecular weight excluding hydrogens is 256 g/mol. The normalized spacial score (nSPS) is 13.5. The average Bonchev–Trinajstić information content (AvgIpc) is 2.43. The van der Waals surface area contributed by atoms with E-state index in [1.54, 1.807) is 0 Å². The summed E-state index contributed by atoms with van der Waals surface area (Å²) in [6, 6.07) is 0. The summed E-state index contributed by atoms with van der Waals surface area (Å²) in [5.41, 5.74) is 0. The summed E-state index contributed by atoms with van der Waals surface area (Å²) < 4.78 is 74.5. The fourth-order valence-electron chi connectivity index (χ4n) is 1.24. The molecule has 0 saturated heterocycles. The second-order valence-corrected chi connectivity index (χ2v) is 3.21. The van der Waals surface area contributed by atoms with Crippen LogP contribution in [-0.2, 0) is 13.7 Å². The standard InChI is InChI=1S/C7H7F6N3O/c1-16-3(2-17)14-15-5(16)4(6(8,9)10)7(11,12)13/h4,17H,2H2,1H3. The highest BCUT2D eigenvalue weighted by Crippen LogP contribution is 2.45. The first-order chi connectivity index (χ1) is 7.59. The summed E-state index contributed by atoms with van der Waals surface area (Å²) >= 11 is 0. The van der Waals surface area contributed by atoms with E-state index in [0.29, 0.717) is 4.57 Å². The molecule has 1 rings (SSSR count). The van der Waals surface area contributed by atoms with Crippen molar-refractivity contribution in [1.82, 2.24) is 14.8 Å². The highest BCUT2D eigenvalue weighted by molar-refractivity contribution is 5.07. The van der Waals surface area contributed by atoms with Gasteiger partial charge in [-0.15, -0.1) is 10.2 Å². The zero-order valence-corrected chi connectivity index (χ0v) is 8.34. The third kappa shape index (κ3) is 2.68. The SMILES string of the molecule is Cn1c(CO)nnc1C(C(F)(F)F)C(F)(F)F. The first kappa shape index (κ1) is 13.7. The van der Waals surface area contributed by atoms with Gasteiger partial charge in [-0.05, 0) is 0 Å². The maximum Gasteiger partial charge on any atom is 0.407 e. The van der Waals surface area contributed by atoms with E-state index in [2.05, 4.69) is 10.2 Å². The third-order valence-electron chi connectivity index (χ3n) is 2.05. The maximum atomic E-state index is 12.3. The van der Waals surface area contributed by atoms with E-state index in [4.69, 9.17) is 5.11 Å². The van der Waals surface area contributed by atoms with Crippen molar-refractivity contribution in [3.05, 3.63) is 11.6 Å². The molecule has 0 aromatic carbocycles. The number of halogens is 6. The van der Waals surface area contributed by atoms with Crippen molar-refractivity contribution in [1.29, 1.82) is 0 Å². The molecule has 0 radical (unpaired) electrons. The van der Waals surface area contributed by atoms with Crippen LogP contribution in [0.4, 0.5) is 26.3 Å². The van der Waals surface area contributed by atoms with Gasteiger partial charge in [0.2, 0.25) is 5.92 Å². The van der Waals surface area contributed by atoms with E-state index in [1.807, 2.05) is 0 Å². The van der Waals surface area contributed by atoms with Crippen LogP contribution in [-0.4, -0.2) is 32.2 Å². The van der Waals surface area contributed by atoms with Crippen LogP contribution in [0.5, 0.6) is 0 Å². The van der Waals surface area contributed by atoms with Gasteiger partial charge in [-0.25, -0.2) is 0 Å². The minimum absolute atomic E-state index is 0.376. The number of hydrogen-bond acceptors (Lipinski definition) is 3. The van der Waals surface area contributed by atoms with Crippen LogP contribution in [0.2, 0.25) is 0 Å². The molecule has 0 aliphatic carbocycles. The Kier molecular flexibility index (Phi) is 3.37. The lowest BCUT2D eigenvalue weighted by Gasteiger charge is -2.21. The van der Waals surface area contributed by atoms with Crippen molar-refractivity contribution in [3.63, 3.8) is 0 Å². The summed E-state index contributed by atoms with van der Waals surface area (Å²) in [6.07, 6.45) is -11.0. The van der Waals surface area contributed by atoms with E-state index in [1.165, 1.54) is 0 Å². The van der Waals surface area contributed by atoms with Gasteiger partial charge >= 0.3 is 12.4 Å². The van der Waals surface area contributed by atoms with Crippen molar-refractivity contribution in [2.45, 2.75) is 24.9 Å². The third-order valence-corrected chi connectivity index (χ3v) is 2.05. The lowest BCUT2D eigenvalue weighted by atomic mass is 10.1. The predicted octanol–water partition coefficient (Wildman–Crippen LogP) is 1.52. The number of hydrogen-bond donors (Lipinski definition) is 1. The minimum Gasteiger partial charge on any atom is -0.388 e. The van der Waals surface area contributed by atoms with Gasteiger partial charge < -0.3 is 9.67 Å². The Balaban J connectivity index is 3.29. The maximum absolute atomic E-state index is 12.3. The molecule has 0 aliphatic heterocycles. The second-order valence-electron chi connectivity index (χ2n) is 3.21. The van der Waals surface area contributed by atoms with Gasteiger partial charge in [0.1, 0.15) is 6.61 Å². The quantitative estimate of drug-likeness (QED) is 0.823. The van der Waals surface area contributed by atoms with E-state index < -0.39 is 30.7 Å². The Bertz CT molecular complexity index is 381. The molecule has 0 atom stereocenters. The van der Waals surface area contributed by atoms with Crippen molar-refractivity contribution in [2.24, 2.45) is 7.05 Å². The minimum atomic E-state index is -5.52. The van der Waals surface area contributed by atoms with Gasteiger partial charge in [0.05, 0.1) is 0 Å². The van der Waals surface area contributed by atoms with Crippen molar-refractivity contribution < 1.29 is 31.4 Å². The largest absolute Gasteiger partial charge is 0.407 e. The van der Waals surface area contributed by atoms with Gasteiger partial charge in [-0.3, -0.25) is 0 Å². The zero-order chi connectivity index (χ0) is 13.4. The smallest absolute Gasteiger partial charge is 0.388 e. The number of aromatic nitrogens is 3. The highest BCUT2D eigenvalue weighted by Gasteiger charge is 2.60. The van der Waals surface area contributed by atoms with Crippen LogP contribution >= 0.6 is 0 Å². The van der Waals surface area contributed by atoms with E-state index in [0.717, 1.165) is 7.05 Å². The molecule has 98 valence electrons. The van der Waals surface area contributed by atoms with E-state index in [-0.39, 0.29) is 5.82 Å². The van der Waals surface area contributed by atoms with Crippen LogP contribution in [0.3, 0.4) is 0 Å². The molecule has 1 heterocycles. The lowest BCUT2D eigenvalue weighted by molar-refractivity contribution is -0.256. The van der Waals surface area contributed by atoms with Gasteiger partial charge in [0, 0.05) is 7.05 Å². The summed E-state index contributed by atoms with van der Waals surface area (Å²) in [7, 11) is 0.922. The summed E-state index contributed by atoms with van der Waals surface area (Å²) in [4.78, 5) is 0. The fourth-order valence-corrected chi connectivity index (χ4v) is 1.24. The number of alkyl halides is 6. The molecule has 0 saturated carbocycles. The molecule has 0 unspecified atom stereocenters. The molecule has 1 aromatic heterocycles. The van der Waals surface area contributed by atoms with Crippen LogP contribution in [0.15, 0.2) is 0 Å². The van der Waals surface area contributed by atoms with Crippen LogP contribution in [0.25, 0.3) is 0 Å². The van der Waals surface area contributed by atoms with E-state index in [9.17, 15) is 26.3 Å². The fraction of sp³-hybridized carbons (Fsp3) is 0.714. The monoisotopic (exact) mass is 263 g/mol. The first-order valence-corrected chi connectivity index (χ1v) is 4.21. The van der Waals surface area contributed by atoms with E-state index >= 15 is 0 Å². The second kappa shape index (κ2) is 4.17. The molecule has 0 bridgehead atoms. The number of aliphatic hydroxyl groups is 1. The molecule has 1 aromatic rings. The molecule has 17 heavy (non-hydrogen) atoms. The van der Waals surface area contributed by atoms with Crippen molar-refractivity contribution >= 4 is 0 Å². The lowest BCUT2D eigenvalue weighted by Crippen LogP contribution is -2.36. The highest BCUT2D eigenvalue weighted by atomic mass is 19.4. The Labute approximate surface area is 90.9 Å². The van der Waals surface area contributed by atoms with Crippen LogP contribution in [0, 0.1) is 0 Å². The molecule has 10 heteroatoms. The molecule has 4 nitrogen and oxygen atoms in total. The Morgan fingerprint density at radius 3 is 1.88 bits per heavy atom. The van der Waals surface area contributed by atoms with Crippen LogP contribution in [0.1, 0.15) is 17.6 Å². The Morgan fingerprint density at radius 2 is 1.59 bits per heavy atom. The Morgan fingerprint density at radius 1 is 1.12 bits per heavy atom. The average molecular weight is 263 g/mol. The molecule has 0 fully saturated rings. The topological polar surface area (TPSA) is 50.9 Å². The molecule has 0 amide bonds. The Hall–Kier alpha value is -1.32. The molecule has 0 aliphatic rings. The van der Waals surface area contributed by atoms with Gasteiger partial charge in [0.25, 0.3) is 0 Å². The summed E-state index contributed by atoms with van der Waals surface area (Å²) in [5, 5.41) is 14.5. The van der Waals surface area contributed by atoms with Gasteiger partial charge in [-0.2, -0.15) is 26.3 Å². The number of aliphatic hydroxyl groups excluding tert-OH is 1. The van der Waals surface area contributed by atoms with Gasteiger partial charge in [0.15, 0.2) is 11.6 Å². The summed E-state index contributed by atoms with van der Waals surface area (Å²) in [5.74, 6) is -5.39. The molecule has 1 N–H and O–H groups in total. The summed E-state index contributed by atoms with van der Waals surface area (Å²) in [6.45, 7) is -0.800.